The number of benzene rings is 1. The van der Waals surface area contributed by atoms with Gasteiger partial charge in [0, 0.05) is 58.1 Å². The summed E-state index contributed by atoms with van der Waals surface area (Å²) in [5.41, 5.74) is 16.8. The average Bonchev–Trinajstić information content (AvgIpc) is 3.33. The lowest BCUT2D eigenvalue weighted by Crippen LogP contribution is -2.40. The van der Waals surface area contributed by atoms with Gasteiger partial charge in [-0.15, -0.1) is 9.24 Å². The van der Waals surface area contributed by atoms with E-state index >= 15 is 0 Å². The first kappa shape index (κ1) is 28.3. The number of nitriles is 1. The number of allylic oxidation sites excluding steroid dienone is 1. The molecule has 2 aromatic heterocycles. The molecule has 0 aliphatic carbocycles. The molecule has 0 spiro atoms. The van der Waals surface area contributed by atoms with Crippen LogP contribution in [0.15, 0.2) is 58.9 Å². The molecule has 0 bridgehead atoms. The van der Waals surface area contributed by atoms with Crippen LogP contribution in [0.25, 0.3) is 22.2 Å². The molecule has 0 fully saturated rings. The number of likely N-dealkylation sites (N-methyl/N-ethyl adjacent to an activating group) is 1. The van der Waals surface area contributed by atoms with Crippen LogP contribution in [0.2, 0.25) is 0 Å². The van der Waals surface area contributed by atoms with Crippen molar-refractivity contribution in [3.8, 4) is 6.07 Å². The van der Waals surface area contributed by atoms with Crippen molar-refractivity contribution in [2.75, 3.05) is 12.8 Å². The number of nitrogens with two attached hydrogens (primary N) is 2. The van der Waals surface area contributed by atoms with Crippen LogP contribution < -0.4 is 27.4 Å². The van der Waals surface area contributed by atoms with Crippen molar-refractivity contribution >= 4 is 60.9 Å². The summed E-state index contributed by atoms with van der Waals surface area (Å²) in [5, 5.41) is 22.9. The van der Waals surface area contributed by atoms with Crippen LogP contribution in [-0.4, -0.2) is 45.7 Å². The number of aliphatic imine (C=N–C) groups is 1. The fourth-order valence-corrected chi connectivity index (χ4v) is 4.87. The van der Waals surface area contributed by atoms with Gasteiger partial charge in [-0.25, -0.2) is 9.98 Å². The zero-order valence-corrected chi connectivity index (χ0v) is 24.0. The van der Waals surface area contributed by atoms with Crippen molar-refractivity contribution in [3.63, 3.8) is 0 Å². The molecule has 2 atom stereocenters. The van der Waals surface area contributed by atoms with Gasteiger partial charge in [0.2, 0.25) is 0 Å². The Morgan fingerprint density at radius 1 is 1.38 bits per heavy atom. The summed E-state index contributed by atoms with van der Waals surface area (Å²) in [6, 6.07) is 9.05. The molecule has 10 nitrogen and oxygen atoms in total. The highest BCUT2D eigenvalue weighted by Crippen LogP contribution is 2.26. The van der Waals surface area contributed by atoms with Gasteiger partial charge in [-0.05, 0) is 44.5 Å². The average molecular weight is 554 g/mol. The second-order valence-corrected chi connectivity index (χ2v) is 10.1. The van der Waals surface area contributed by atoms with Crippen molar-refractivity contribution in [1.82, 2.24) is 20.2 Å². The predicted octanol–water partition coefficient (Wildman–Crippen LogP) is 2.49. The number of primary amides is 1. The lowest BCUT2D eigenvalue weighted by atomic mass is 10.0. The fourth-order valence-electron chi connectivity index (χ4n) is 4.62. The summed E-state index contributed by atoms with van der Waals surface area (Å²) in [5.74, 6) is 0.162. The quantitative estimate of drug-likeness (QED) is 0.178. The van der Waals surface area contributed by atoms with Gasteiger partial charge in [0.25, 0.3) is 5.91 Å². The largest absolute Gasteiger partial charge is 0.398 e. The molecule has 3 heterocycles. The number of aromatic nitrogens is 2. The predicted molar refractivity (Wildman–Crippen MR) is 164 cm³/mol. The van der Waals surface area contributed by atoms with Crippen molar-refractivity contribution in [2.24, 2.45) is 10.7 Å². The van der Waals surface area contributed by atoms with Crippen LogP contribution in [0, 0.1) is 16.7 Å². The second kappa shape index (κ2) is 11.6. The Kier molecular flexibility index (Phi) is 8.17. The maximum atomic E-state index is 12.9. The fraction of sp³-hybridized carbons (Fsp3) is 0.207. The molecule has 40 heavy (non-hydrogen) atoms. The number of nitrogens with one attached hydrogen (secondary N) is 3. The number of anilines is 1. The van der Waals surface area contributed by atoms with E-state index in [1.165, 1.54) is 6.21 Å². The van der Waals surface area contributed by atoms with Gasteiger partial charge in [0.05, 0.1) is 16.7 Å². The minimum atomic E-state index is -0.659. The number of hydrogen-bond donors (Lipinski definition) is 5. The van der Waals surface area contributed by atoms with Crippen molar-refractivity contribution in [3.05, 3.63) is 75.6 Å². The number of nitrogen functional groups attached to an aromatic ring is 1. The van der Waals surface area contributed by atoms with Crippen LogP contribution in [-0.2, 0) is 4.79 Å². The number of rotatable bonds is 6. The number of fused-ring (bicyclic) bond motifs is 1. The number of carbonyl (C=O) groups is 1. The Bertz CT molecular complexity index is 1790. The molecule has 1 amide bonds. The molecule has 3 aromatic rings. The highest BCUT2D eigenvalue weighted by molar-refractivity contribution is 7.17. The van der Waals surface area contributed by atoms with E-state index < -0.39 is 5.91 Å². The second-order valence-electron chi connectivity index (χ2n) is 9.43. The van der Waals surface area contributed by atoms with E-state index in [9.17, 15) is 10.1 Å². The molecule has 204 valence electrons. The minimum absolute atomic E-state index is 0.0451. The van der Waals surface area contributed by atoms with E-state index in [-0.39, 0.29) is 11.5 Å². The molecule has 7 N–H and O–H groups in total. The summed E-state index contributed by atoms with van der Waals surface area (Å²) in [7, 11) is 4.62. The van der Waals surface area contributed by atoms with E-state index in [1.807, 2.05) is 50.9 Å². The highest BCUT2D eigenvalue weighted by Gasteiger charge is 2.24. The lowest BCUT2D eigenvalue weighted by Gasteiger charge is -2.31. The number of amidine groups is 1. The van der Waals surface area contributed by atoms with Crippen molar-refractivity contribution < 1.29 is 4.79 Å². The normalized spacial score (nSPS) is 18.9. The van der Waals surface area contributed by atoms with Crippen LogP contribution in [0.1, 0.15) is 38.3 Å². The summed E-state index contributed by atoms with van der Waals surface area (Å²) in [4.78, 5) is 27.3. The Hall–Kier alpha value is -4.74. The number of nitrogens with zero attached hydrogens (tertiary/aromatic N) is 4. The molecule has 2 unspecified atom stereocenters. The third-order valence-electron chi connectivity index (χ3n) is 6.95. The molecule has 0 saturated carbocycles. The maximum Gasteiger partial charge on any atom is 0.267 e. The van der Waals surface area contributed by atoms with Crippen LogP contribution >= 0.6 is 9.24 Å². The minimum Gasteiger partial charge on any atom is -0.398 e. The summed E-state index contributed by atoms with van der Waals surface area (Å²) < 4.78 is 0. The standard InChI is InChI=1S/C29H32N9OP/c1-5-15(2)23-24-19(14-31)20(32)9-10-21(24)36-25(23)26(27(33)39)35-16(3)18-8-11-22(40)38(4)29(18)37-28-17(13-30)7-6-12-34-28/h6-12,14,22,31,35-36H,5,32,40H2,1-4H3,(H2,33,39)/b18-16+,23-15+,26-25+,31-14?,37-29-. The lowest BCUT2D eigenvalue weighted by molar-refractivity contribution is -0.113. The van der Waals surface area contributed by atoms with E-state index in [0.29, 0.717) is 51.5 Å². The Balaban J connectivity index is 2.02. The third kappa shape index (κ3) is 5.12. The van der Waals surface area contributed by atoms with Gasteiger partial charge in [-0.3, -0.25) is 4.79 Å². The van der Waals surface area contributed by atoms with Crippen LogP contribution in [0.4, 0.5) is 11.5 Å². The summed E-state index contributed by atoms with van der Waals surface area (Å²) >= 11 is 0. The molecular weight excluding hydrogens is 521 g/mol. The summed E-state index contributed by atoms with van der Waals surface area (Å²) in [6.45, 7) is 5.84. The van der Waals surface area contributed by atoms with Gasteiger partial charge in [-0.1, -0.05) is 24.6 Å². The summed E-state index contributed by atoms with van der Waals surface area (Å²) in [6.07, 6.45) is 7.42. The zero-order valence-electron chi connectivity index (χ0n) is 22.8. The van der Waals surface area contributed by atoms with Gasteiger partial charge in [0.15, 0.2) is 5.82 Å². The van der Waals surface area contributed by atoms with E-state index in [4.69, 9.17) is 21.9 Å². The first-order chi connectivity index (χ1) is 19.1. The first-order valence-corrected chi connectivity index (χ1v) is 13.3. The number of H-pyrrole nitrogens is 1. The SMILES string of the molecule is CC/C(C)=c1/c(=C(\N/C(C)=C2\C=CC(P)N(C)\C2=N/c2ncccc2C#N)C(N)=O)[nH]c2ccc(N)c(C=N)c12. The van der Waals surface area contributed by atoms with Gasteiger partial charge in [0.1, 0.15) is 17.6 Å². The molecule has 1 aliphatic heterocycles. The molecule has 0 radical (unpaired) electrons. The van der Waals surface area contributed by atoms with Crippen molar-refractivity contribution in [1.29, 1.82) is 10.7 Å². The Labute approximate surface area is 234 Å². The van der Waals surface area contributed by atoms with Gasteiger partial charge < -0.3 is 32.1 Å². The van der Waals surface area contributed by atoms with E-state index in [2.05, 4.69) is 30.6 Å². The van der Waals surface area contributed by atoms with Gasteiger partial charge in [-0.2, -0.15) is 5.26 Å². The molecule has 1 aromatic carbocycles. The van der Waals surface area contributed by atoms with E-state index in [0.717, 1.165) is 21.7 Å². The molecule has 1 aliphatic rings. The number of amides is 1. The molecule has 0 saturated heterocycles. The van der Waals surface area contributed by atoms with E-state index in [1.54, 1.807) is 24.4 Å². The van der Waals surface area contributed by atoms with Crippen LogP contribution in [0.5, 0.6) is 0 Å². The monoisotopic (exact) mass is 553 g/mol. The first-order valence-electron chi connectivity index (χ1n) is 12.7. The highest BCUT2D eigenvalue weighted by atomic mass is 31.0. The third-order valence-corrected chi connectivity index (χ3v) is 7.62. The maximum absolute atomic E-state index is 12.9. The van der Waals surface area contributed by atoms with Gasteiger partial charge >= 0.3 is 0 Å². The number of aromatic amines is 1. The topological polar surface area (TPSA) is 173 Å². The number of pyridine rings is 1. The van der Waals surface area contributed by atoms with Crippen molar-refractivity contribution in [2.45, 2.75) is 33.0 Å². The number of hydrogen-bond acceptors (Lipinski definition) is 7. The van der Waals surface area contributed by atoms with Crippen LogP contribution in [0.3, 0.4) is 0 Å². The Morgan fingerprint density at radius 3 is 2.77 bits per heavy atom. The smallest absolute Gasteiger partial charge is 0.267 e. The zero-order chi connectivity index (χ0) is 29.1. The Morgan fingerprint density at radius 2 is 2.12 bits per heavy atom. The molecule has 11 heteroatoms. The molecule has 4 rings (SSSR count). The molecular formula is C29H32N9OP. The number of carbonyl (C=O) groups excluding carboxylic acids is 1.